The Morgan fingerprint density at radius 3 is 0.817 bits per heavy atom. The van der Waals surface area contributed by atoms with Crippen molar-refractivity contribution in [3.05, 3.63) is 0 Å². The van der Waals surface area contributed by atoms with E-state index in [-0.39, 0.29) is 25.7 Å². The Kier molecular flexibility index (Phi) is 64.6. The largest absolute Gasteiger partial charge is 0.472 e. The van der Waals surface area contributed by atoms with Gasteiger partial charge < -0.3 is 33.8 Å². The molecular weight excluding hydrogens is 1220 g/mol. The Bertz CT molecular complexity index is 1810. The summed E-state index contributed by atoms with van der Waals surface area (Å²) in [6.45, 7) is 9.52. The molecule has 0 aromatic carbocycles. The third-order valence-electron chi connectivity index (χ3n) is 17.6. The van der Waals surface area contributed by atoms with Crippen molar-refractivity contribution < 1.29 is 80.2 Å². The van der Waals surface area contributed by atoms with Gasteiger partial charge in [0.1, 0.15) is 19.3 Å². The maximum Gasteiger partial charge on any atom is 0.472 e. The lowest BCUT2D eigenvalue weighted by molar-refractivity contribution is -0.161. The van der Waals surface area contributed by atoms with Crippen LogP contribution in [0.5, 0.6) is 0 Å². The molecule has 0 aromatic rings. The van der Waals surface area contributed by atoms with Gasteiger partial charge in [-0.25, -0.2) is 9.13 Å². The van der Waals surface area contributed by atoms with Crippen LogP contribution >= 0.6 is 15.6 Å². The fourth-order valence-corrected chi connectivity index (χ4v) is 12.8. The molecule has 0 heterocycles. The average molecular weight is 1370 g/mol. The normalized spacial score (nSPS) is 14.3. The van der Waals surface area contributed by atoms with Crippen molar-refractivity contribution in [1.82, 2.24) is 0 Å². The Labute approximate surface area is 568 Å². The van der Waals surface area contributed by atoms with Crippen LogP contribution in [0.15, 0.2) is 0 Å². The molecule has 93 heavy (non-hydrogen) atoms. The van der Waals surface area contributed by atoms with Gasteiger partial charge in [0.15, 0.2) is 12.2 Å². The number of unbranched alkanes of at least 4 members (excludes halogenated alkanes) is 42. The van der Waals surface area contributed by atoms with Gasteiger partial charge in [0.25, 0.3) is 0 Å². The first-order chi connectivity index (χ1) is 44.9. The van der Waals surface area contributed by atoms with Crippen molar-refractivity contribution in [2.45, 2.75) is 400 Å². The highest BCUT2D eigenvalue weighted by Crippen LogP contribution is 2.45. The summed E-state index contributed by atoms with van der Waals surface area (Å²) in [6, 6.07) is 0. The minimum absolute atomic E-state index is 0.105. The molecule has 552 valence electrons. The van der Waals surface area contributed by atoms with Gasteiger partial charge in [0, 0.05) is 25.7 Å². The SMILES string of the molecule is CCCCCCCCCCCCCCCCCCCCC(=O)O[C@H](COC(=O)CCCCCCCCCCCCCCC)COP(=O)(O)OC[C@@H](O)COP(=O)(O)OC[C@@H](COC(=O)CCCCCCCCC(C)CC)OC(=O)CCCCCCCCCCCC(C)C. The molecule has 19 heteroatoms. The molecule has 0 amide bonds. The number of ether oxygens (including phenoxy) is 4. The number of aliphatic hydroxyl groups excluding tert-OH is 1. The van der Waals surface area contributed by atoms with Crippen LogP contribution in [0.3, 0.4) is 0 Å². The maximum atomic E-state index is 13.1. The third kappa shape index (κ3) is 67.0. The molecule has 17 nitrogen and oxygen atoms in total. The van der Waals surface area contributed by atoms with E-state index in [0.717, 1.165) is 108 Å². The Balaban J connectivity index is 5.24. The van der Waals surface area contributed by atoms with Crippen LogP contribution in [-0.4, -0.2) is 96.7 Å². The predicted molar refractivity (Wildman–Crippen MR) is 377 cm³/mol. The van der Waals surface area contributed by atoms with Gasteiger partial charge in [-0.3, -0.25) is 37.3 Å². The molecule has 0 aliphatic rings. The molecule has 0 spiro atoms. The number of hydrogen-bond acceptors (Lipinski definition) is 15. The number of rotatable bonds is 73. The Hall–Kier alpha value is -1.94. The van der Waals surface area contributed by atoms with Crippen LogP contribution in [0.2, 0.25) is 0 Å². The topological polar surface area (TPSA) is 237 Å². The van der Waals surface area contributed by atoms with Crippen LogP contribution in [0.25, 0.3) is 0 Å². The molecule has 0 fully saturated rings. The van der Waals surface area contributed by atoms with Crippen molar-refractivity contribution in [3.63, 3.8) is 0 Å². The highest BCUT2D eigenvalue weighted by atomic mass is 31.2. The van der Waals surface area contributed by atoms with Gasteiger partial charge in [0.2, 0.25) is 0 Å². The number of esters is 4. The van der Waals surface area contributed by atoms with E-state index >= 15 is 0 Å². The molecular formula is C74H144O17P2. The standard InChI is InChI=1S/C74H144O17P2/c1-7-10-12-14-16-18-20-22-23-24-25-26-28-30-34-38-46-52-58-73(78)90-69(62-84-71(76)56-50-44-37-33-29-27-21-19-17-15-13-11-8-2)64-88-92(80,81)86-60-68(75)61-87-93(82,83)89-65-70(63-85-72(77)57-51-45-41-40-43-49-55-67(6)9-3)91-74(79)59-53-47-39-35-31-32-36-42-48-54-66(4)5/h66-70,75H,7-65H2,1-6H3,(H,80,81)(H,82,83)/t67?,68-,69-,70-/m1/s1. The second-order valence-electron chi connectivity index (χ2n) is 27.4. The summed E-state index contributed by atoms with van der Waals surface area (Å²) in [7, 11) is -9.91. The second kappa shape index (κ2) is 66.0. The molecule has 0 rings (SSSR count). The summed E-state index contributed by atoms with van der Waals surface area (Å²) < 4.78 is 68.4. The zero-order chi connectivity index (χ0) is 68.6. The fraction of sp³-hybridized carbons (Fsp3) is 0.946. The molecule has 6 atom stereocenters. The third-order valence-corrected chi connectivity index (χ3v) is 19.5. The Morgan fingerprint density at radius 1 is 0.312 bits per heavy atom. The quantitative estimate of drug-likeness (QED) is 0.0222. The summed E-state index contributed by atoms with van der Waals surface area (Å²) in [5.41, 5.74) is 0. The van der Waals surface area contributed by atoms with Crippen LogP contribution in [0.1, 0.15) is 382 Å². The molecule has 0 bridgehead atoms. The minimum Gasteiger partial charge on any atom is -0.462 e. The second-order valence-corrected chi connectivity index (χ2v) is 30.3. The highest BCUT2D eigenvalue weighted by molar-refractivity contribution is 7.47. The molecule has 0 aliphatic heterocycles. The van der Waals surface area contributed by atoms with Gasteiger partial charge in [-0.1, -0.05) is 330 Å². The van der Waals surface area contributed by atoms with Crippen molar-refractivity contribution >= 4 is 39.5 Å². The van der Waals surface area contributed by atoms with Crippen molar-refractivity contribution in [1.29, 1.82) is 0 Å². The molecule has 0 aliphatic carbocycles. The van der Waals surface area contributed by atoms with Crippen LogP contribution < -0.4 is 0 Å². The summed E-state index contributed by atoms with van der Waals surface area (Å²) in [4.78, 5) is 72.7. The first-order valence-corrected chi connectivity index (χ1v) is 41.5. The van der Waals surface area contributed by atoms with E-state index in [1.165, 1.54) is 193 Å². The van der Waals surface area contributed by atoms with Gasteiger partial charge in [-0.15, -0.1) is 0 Å². The number of aliphatic hydroxyl groups is 1. The van der Waals surface area contributed by atoms with E-state index in [1.807, 2.05) is 0 Å². The smallest absolute Gasteiger partial charge is 0.462 e. The summed E-state index contributed by atoms with van der Waals surface area (Å²) >= 11 is 0. The summed E-state index contributed by atoms with van der Waals surface area (Å²) in [5, 5.41) is 10.6. The predicted octanol–water partition coefficient (Wildman–Crippen LogP) is 21.6. The monoisotopic (exact) mass is 1370 g/mol. The van der Waals surface area contributed by atoms with Gasteiger partial charge in [-0.2, -0.15) is 0 Å². The Morgan fingerprint density at radius 2 is 0.548 bits per heavy atom. The molecule has 3 unspecified atom stereocenters. The van der Waals surface area contributed by atoms with E-state index in [9.17, 15) is 43.2 Å². The molecule has 0 saturated heterocycles. The minimum atomic E-state index is -4.96. The van der Waals surface area contributed by atoms with Crippen LogP contribution in [0, 0.1) is 11.8 Å². The molecule has 3 N–H and O–H groups in total. The van der Waals surface area contributed by atoms with Gasteiger partial charge in [-0.05, 0) is 37.5 Å². The highest BCUT2D eigenvalue weighted by Gasteiger charge is 2.30. The lowest BCUT2D eigenvalue weighted by Gasteiger charge is -2.21. The lowest BCUT2D eigenvalue weighted by atomic mass is 10.00. The van der Waals surface area contributed by atoms with Crippen LogP contribution in [0.4, 0.5) is 0 Å². The van der Waals surface area contributed by atoms with Gasteiger partial charge in [0.05, 0.1) is 26.4 Å². The molecule has 0 saturated carbocycles. The van der Waals surface area contributed by atoms with Crippen molar-refractivity contribution in [2.75, 3.05) is 39.6 Å². The first-order valence-electron chi connectivity index (χ1n) is 38.5. The number of carbonyl (C=O) groups is 4. The number of carbonyl (C=O) groups excluding carboxylic acids is 4. The van der Waals surface area contributed by atoms with E-state index < -0.39 is 97.5 Å². The van der Waals surface area contributed by atoms with Crippen molar-refractivity contribution in [3.8, 4) is 0 Å². The van der Waals surface area contributed by atoms with E-state index in [4.69, 9.17) is 37.0 Å². The van der Waals surface area contributed by atoms with Gasteiger partial charge >= 0.3 is 39.5 Å². The average Bonchev–Trinajstić information content (AvgIpc) is 1.84. The summed E-state index contributed by atoms with van der Waals surface area (Å²) in [5.74, 6) is -0.652. The van der Waals surface area contributed by atoms with E-state index in [0.29, 0.717) is 25.7 Å². The zero-order valence-corrected chi connectivity index (χ0v) is 62.3. The molecule has 0 radical (unpaired) electrons. The maximum absolute atomic E-state index is 13.1. The lowest BCUT2D eigenvalue weighted by Crippen LogP contribution is -2.30. The van der Waals surface area contributed by atoms with Crippen molar-refractivity contribution in [2.24, 2.45) is 11.8 Å². The summed E-state index contributed by atoms with van der Waals surface area (Å²) in [6.07, 6.45) is 52.7. The zero-order valence-electron chi connectivity index (χ0n) is 60.6. The number of phosphoric ester groups is 2. The molecule has 0 aromatic heterocycles. The fourth-order valence-electron chi connectivity index (χ4n) is 11.3. The van der Waals surface area contributed by atoms with E-state index in [2.05, 4.69) is 41.5 Å². The van der Waals surface area contributed by atoms with Crippen LogP contribution in [-0.2, 0) is 65.4 Å². The first kappa shape index (κ1) is 91.1. The number of hydrogen-bond donors (Lipinski definition) is 3. The van der Waals surface area contributed by atoms with E-state index in [1.54, 1.807) is 0 Å². The number of phosphoric acid groups is 2.